The van der Waals surface area contributed by atoms with E-state index in [-0.39, 0.29) is 17.6 Å². The number of rotatable bonds is 4. The molecule has 2 rings (SSSR count). The molecule has 0 bridgehead atoms. The summed E-state index contributed by atoms with van der Waals surface area (Å²) in [5.41, 5.74) is 1.83. The molecular weight excluding hydrogens is 380 g/mol. The van der Waals surface area contributed by atoms with Crippen molar-refractivity contribution in [3.63, 3.8) is 0 Å². The van der Waals surface area contributed by atoms with Crippen molar-refractivity contribution in [2.45, 2.75) is 13.8 Å². The van der Waals surface area contributed by atoms with E-state index in [1.807, 2.05) is 13.8 Å². The van der Waals surface area contributed by atoms with Crippen molar-refractivity contribution in [3.05, 3.63) is 51.5 Å². The molecule has 0 saturated heterocycles. The summed E-state index contributed by atoms with van der Waals surface area (Å²) in [6.45, 7) is 3.66. The fraction of sp³-hybridized carbons (Fsp3) is 0.176. The number of anilines is 1. The Morgan fingerprint density at radius 2 is 2.09 bits per heavy atom. The van der Waals surface area contributed by atoms with E-state index in [9.17, 15) is 9.90 Å². The number of nitrogens with one attached hydrogen (secondary N) is 1. The van der Waals surface area contributed by atoms with Crippen LogP contribution in [0.15, 0.2) is 45.9 Å². The molecule has 0 atom stereocenters. The standard InChI is InChI=1S/C17H16BrClN2O2/c1-10(2)17(23)21-14-5-3-4-13(8-14)20-9-11-6-12(19)7-15(18)16(11)22/h3-10,22H,1-2H3,(H,21,23). The Hall–Kier alpha value is -1.85. The molecule has 1 amide bonds. The van der Waals surface area contributed by atoms with Gasteiger partial charge in [-0.05, 0) is 46.3 Å². The van der Waals surface area contributed by atoms with Crippen LogP contribution < -0.4 is 5.32 Å². The Bertz CT molecular complexity index is 760. The minimum Gasteiger partial charge on any atom is -0.506 e. The van der Waals surface area contributed by atoms with Gasteiger partial charge in [-0.1, -0.05) is 31.5 Å². The van der Waals surface area contributed by atoms with Crippen molar-refractivity contribution in [3.8, 4) is 5.75 Å². The lowest BCUT2D eigenvalue weighted by Crippen LogP contribution is -2.17. The fourth-order valence-electron chi connectivity index (χ4n) is 1.78. The molecule has 0 aromatic heterocycles. The van der Waals surface area contributed by atoms with Crippen LogP contribution in [0.25, 0.3) is 0 Å². The van der Waals surface area contributed by atoms with E-state index < -0.39 is 0 Å². The van der Waals surface area contributed by atoms with Gasteiger partial charge in [0, 0.05) is 28.4 Å². The maximum atomic E-state index is 11.7. The number of carbonyl (C=O) groups excluding carboxylic acids is 1. The first-order valence-corrected chi connectivity index (χ1v) is 8.17. The van der Waals surface area contributed by atoms with Crippen LogP contribution in [-0.4, -0.2) is 17.2 Å². The van der Waals surface area contributed by atoms with Crippen LogP contribution in [0.4, 0.5) is 11.4 Å². The van der Waals surface area contributed by atoms with E-state index in [0.29, 0.717) is 26.4 Å². The number of nitrogens with zero attached hydrogens (tertiary/aromatic N) is 1. The van der Waals surface area contributed by atoms with Gasteiger partial charge in [0.2, 0.25) is 5.91 Å². The molecule has 2 N–H and O–H groups in total. The highest BCUT2D eigenvalue weighted by Crippen LogP contribution is 2.31. The second-order valence-corrected chi connectivity index (χ2v) is 6.57. The Balaban J connectivity index is 2.22. The molecule has 6 heteroatoms. The van der Waals surface area contributed by atoms with Crippen LogP contribution in [0.1, 0.15) is 19.4 Å². The number of carbonyl (C=O) groups is 1. The van der Waals surface area contributed by atoms with Crippen LogP contribution in [-0.2, 0) is 4.79 Å². The zero-order valence-corrected chi connectivity index (χ0v) is 15.0. The molecule has 0 unspecified atom stereocenters. The number of phenolic OH excluding ortho intramolecular Hbond substituents is 1. The first kappa shape index (κ1) is 17.5. The van der Waals surface area contributed by atoms with Gasteiger partial charge in [0.15, 0.2) is 0 Å². The zero-order chi connectivity index (χ0) is 17.0. The lowest BCUT2D eigenvalue weighted by molar-refractivity contribution is -0.118. The maximum Gasteiger partial charge on any atom is 0.226 e. The number of benzene rings is 2. The van der Waals surface area contributed by atoms with Crippen LogP contribution in [0.2, 0.25) is 5.02 Å². The number of amides is 1. The van der Waals surface area contributed by atoms with Crippen molar-refractivity contribution in [1.82, 2.24) is 0 Å². The summed E-state index contributed by atoms with van der Waals surface area (Å²) in [5.74, 6) is -0.0760. The maximum absolute atomic E-state index is 11.7. The Labute approximate surface area is 148 Å². The third kappa shape index (κ3) is 4.81. The largest absolute Gasteiger partial charge is 0.506 e. The quantitative estimate of drug-likeness (QED) is 0.703. The average Bonchev–Trinajstić information content (AvgIpc) is 2.49. The smallest absolute Gasteiger partial charge is 0.226 e. The normalized spacial score (nSPS) is 11.2. The number of phenols is 1. The molecule has 2 aromatic rings. The molecule has 0 aliphatic carbocycles. The summed E-state index contributed by atoms with van der Waals surface area (Å²) in [7, 11) is 0. The van der Waals surface area contributed by atoms with Crippen molar-refractivity contribution in [2.75, 3.05) is 5.32 Å². The second kappa shape index (κ2) is 7.62. The topological polar surface area (TPSA) is 61.7 Å². The van der Waals surface area contributed by atoms with Crippen LogP contribution in [0.5, 0.6) is 5.75 Å². The van der Waals surface area contributed by atoms with Crippen molar-refractivity contribution < 1.29 is 9.90 Å². The second-order valence-electron chi connectivity index (χ2n) is 5.28. The number of aromatic hydroxyl groups is 1. The van der Waals surface area contributed by atoms with Gasteiger partial charge in [-0.2, -0.15) is 0 Å². The summed E-state index contributed by atoms with van der Waals surface area (Å²) < 4.78 is 0.504. The molecule has 23 heavy (non-hydrogen) atoms. The monoisotopic (exact) mass is 394 g/mol. The van der Waals surface area contributed by atoms with Crippen LogP contribution >= 0.6 is 27.5 Å². The summed E-state index contributed by atoms with van der Waals surface area (Å²) in [4.78, 5) is 16.0. The third-order valence-corrected chi connectivity index (χ3v) is 3.87. The number of aliphatic imine (C=N–C) groups is 1. The number of hydrogen-bond acceptors (Lipinski definition) is 3. The van der Waals surface area contributed by atoms with E-state index in [1.54, 1.807) is 36.4 Å². The van der Waals surface area contributed by atoms with E-state index in [2.05, 4.69) is 26.2 Å². The molecular formula is C17H16BrClN2O2. The fourth-order valence-corrected chi connectivity index (χ4v) is 2.61. The molecule has 4 nitrogen and oxygen atoms in total. The third-order valence-electron chi connectivity index (χ3n) is 3.05. The predicted molar refractivity (Wildman–Crippen MR) is 98.0 cm³/mol. The van der Waals surface area contributed by atoms with Gasteiger partial charge in [0.25, 0.3) is 0 Å². The van der Waals surface area contributed by atoms with E-state index in [0.717, 1.165) is 0 Å². The molecule has 0 aliphatic rings. The van der Waals surface area contributed by atoms with E-state index in [4.69, 9.17) is 11.6 Å². The lowest BCUT2D eigenvalue weighted by Gasteiger charge is -2.08. The summed E-state index contributed by atoms with van der Waals surface area (Å²) in [5, 5.41) is 13.3. The molecule has 0 saturated carbocycles. The summed E-state index contributed by atoms with van der Waals surface area (Å²) in [6.07, 6.45) is 1.52. The first-order chi connectivity index (χ1) is 10.9. The van der Waals surface area contributed by atoms with Gasteiger partial charge < -0.3 is 10.4 Å². The van der Waals surface area contributed by atoms with Crippen molar-refractivity contribution in [1.29, 1.82) is 0 Å². The van der Waals surface area contributed by atoms with Gasteiger partial charge in [0.1, 0.15) is 5.75 Å². The van der Waals surface area contributed by atoms with Crippen molar-refractivity contribution in [2.24, 2.45) is 10.9 Å². The minimum atomic E-state index is -0.0945. The number of halogens is 2. The Morgan fingerprint density at radius 1 is 1.35 bits per heavy atom. The Kier molecular flexibility index (Phi) is 5.80. The highest BCUT2D eigenvalue weighted by atomic mass is 79.9. The van der Waals surface area contributed by atoms with Crippen LogP contribution in [0.3, 0.4) is 0 Å². The SMILES string of the molecule is CC(C)C(=O)Nc1cccc(N=Cc2cc(Cl)cc(Br)c2O)c1. The highest BCUT2D eigenvalue weighted by molar-refractivity contribution is 9.10. The van der Waals surface area contributed by atoms with E-state index >= 15 is 0 Å². The molecule has 2 aromatic carbocycles. The number of hydrogen-bond donors (Lipinski definition) is 2. The van der Waals surface area contributed by atoms with Gasteiger partial charge in [-0.3, -0.25) is 9.79 Å². The van der Waals surface area contributed by atoms with E-state index in [1.165, 1.54) is 6.21 Å². The zero-order valence-electron chi connectivity index (χ0n) is 12.7. The van der Waals surface area contributed by atoms with Crippen molar-refractivity contribution >= 4 is 51.0 Å². The molecule has 120 valence electrons. The van der Waals surface area contributed by atoms with Gasteiger partial charge in [-0.15, -0.1) is 0 Å². The van der Waals surface area contributed by atoms with Gasteiger partial charge in [-0.25, -0.2) is 0 Å². The lowest BCUT2D eigenvalue weighted by atomic mass is 10.2. The molecule has 0 fully saturated rings. The molecule has 0 radical (unpaired) electrons. The molecule has 0 spiro atoms. The average molecular weight is 396 g/mol. The molecule has 0 heterocycles. The van der Waals surface area contributed by atoms with Gasteiger partial charge in [0.05, 0.1) is 10.2 Å². The highest BCUT2D eigenvalue weighted by Gasteiger charge is 2.08. The summed E-state index contributed by atoms with van der Waals surface area (Å²) in [6, 6.07) is 10.4. The van der Waals surface area contributed by atoms with Gasteiger partial charge >= 0.3 is 0 Å². The molecule has 0 aliphatic heterocycles. The Morgan fingerprint density at radius 3 is 2.78 bits per heavy atom. The predicted octanol–water partition coefficient (Wildman–Crippen LogP) is 5.15. The van der Waals surface area contributed by atoms with Crippen LogP contribution in [0, 0.1) is 5.92 Å². The minimum absolute atomic E-state index is 0.0532. The first-order valence-electron chi connectivity index (χ1n) is 7.00. The summed E-state index contributed by atoms with van der Waals surface area (Å²) >= 11 is 9.20.